The first-order chi connectivity index (χ1) is 11.7. The summed E-state index contributed by atoms with van der Waals surface area (Å²) in [5.74, 6) is 0.313. The number of ether oxygens (including phenoxy) is 3. The summed E-state index contributed by atoms with van der Waals surface area (Å²) in [6.07, 6.45) is 7.36. The lowest BCUT2D eigenvalue weighted by Gasteiger charge is -2.27. The van der Waals surface area contributed by atoms with Crippen molar-refractivity contribution in [1.29, 1.82) is 0 Å². The van der Waals surface area contributed by atoms with E-state index in [1.54, 1.807) is 14.2 Å². The third kappa shape index (κ3) is 6.25. The van der Waals surface area contributed by atoms with E-state index in [2.05, 4.69) is 0 Å². The predicted octanol–water partition coefficient (Wildman–Crippen LogP) is 4.33. The minimum Gasteiger partial charge on any atom is -0.461 e. The van der Waals surface area contributed by atoms with Gasteiger partial charge in [-0.05, 0) is 17.9 Å². The fourth-order valence-corrected chi connectivity index (χ4v) is 3.48. The number of esters is 1. The van der Waals surface area contributed by atoms with Gasteiger partial charge >= 0.3 is 5.97 Å². The maximum absolute atomic E-state index is 12.6. The number of benzene rings is 1. The summed E-state index contributed by atoms with van der Waals surface area (Å²) in [6.45, 7) is 0.325. The highest BCUT2D eigenvalue weighted by Crippen LogP contribution is 2.31. The van der Waals surface area contributed by atoms with Crippen LogP contribution in [0, 0.1) is 11.8 Å². The quantitative estimate of drug-likeness (QED) is 0.498. The zero-order valence-corrected chi connectivity index (χ0v) is 14.9. The molecule has 24 heavy (non-hydrogen) atoms. The fourth-order valence-electron chi connectivity index (χ4n) is 3.48. The second-order valence-electron chi connectivity index (χ2n) is 6.67. The molecule has 0 aliphatic heterocycles. The smallest absolute Gasteiger partial charge is 0.309 e. The molecule has 1 aromatic carbocycles. The first-order valence-electron chi connectivity index (χ1n) is 8.99. The summed E-state index contributed by atoms with van der Waals surface area (Å²) < 4.78 is 16.2. The molecule has 0 bridgehead atoms. The molecular weight excluding hydrogens is 304 g/mol. The van der Waals surface area contributed by atoms with Crippen LogP contribution < -0.4 is 0 Å². The molecule has 1 aromatic rings. The molecule has 0 saturated heterocycles. The molecule has 4 heteroatoms. The van der Waals surface area contributed by atoms with Crippen LogP contribution in [0.25, 0.3) is 0 Å². The molecule has 4 nitrogen and oxygen atoms in total. The molecule has 2 rings (SSSR count). The van der Waals surface area contributed by atoms with Crippen LogP contribution in [0.1, 0.15) is 50.5 Å². The van der Waals surface area contributed by atoms with E-state index in [1.165, 1.54) is 32.1 Å². The van der Waals surface area contributed by atoms with E-state index in [1.807, 2.05) is 30.3 Å². The highest BCUT2D eigenvalue weighted by Gasteiger charge is 2.28. The maximum Gasteiger partial charge on any atom is 0.309 e. The van der Waals surface area contributed by atoms with Crippen molar-refractivity contribution >= 4 is 5.97 Å². The van der Waals surface area contributed by atoms with Gasteiger partial charge in [0, 0.05) is 20.6 Å². The summed E-state index contributed by atoms with van der Waals surface area (Å²) in [4.78, 5) is 12.6. The van der Waals surface area contributed by atoms with Crippen molar-refractivity contribution in [1.82, 2.24) is 0 Å². The van der Waals surface area contributed by atoms with Gasteiger partial charge in [-0.25, -0.2) is 0 Å². The Morgan fingerprint density at radius 1 is 1.08 bits per heavy atom. The number of methoxy groups -OCH3 is 2. The zero-order valence-electron chi connectivity index (χ0n) is 14.9. The van der Waals surface area contributed by atoms with Gasteiger partial charge in [-0.3, -0.25) is 4.79 Å². The molecule has 1 unspecified atom stereocenters. The summed E-state index contributed by atoms with van der Waals surface area (Å²) in [5, 5.41) is 0. The Morgan fingerprint density at radius 2 is 1.75 bits per heavy atom. The molecule has 1 fully saturated rings. The number of hydrogen-bond donors (Lipinski definition) is 0. The summed E-state index contributed by atoms with van der Waals surface area (Å²) in [7, 11) is 3.22. The lowest BCUT2D eigenvalue weighted by atomic mass is 9.82. The first kappa shape index (κ1) is 18.9. The Hall–Kier alpha value is -1.39. The van der Waals surface area contributed by atoms with Crippen LogP contribution in [0.3, 0.4) is 0 Å². The standard InChI is InChI=1S/C20H30O4/c1-22-19(23-2)14-18(13-16-9-5-3-6-10-16)20(21)24-15-17-11-7-4-8-12-17/h4,7-8,11-12,16,18-19H,3,5-6,9-10,13-15H2,1-2H3. The molecule has 0 heterocycles. The second kappa shape index (κ2) is 10.5. The van der Waals surface area contributed by atoms with E-state index in [9.17, 15) is 4.79 Å². The molecule has 0 radical (unpaired) electrons. The molecule has 0 aromatic heterocycles. The van der Waals surface area contributed by atoms with E-state index in [-0.39, 0.29) is 18.2 Å². The van der Waals surface area contributed by atoms with Crippen molar-refractivity contribution in [3.05, 3.63) is 35.9 Å². The van der Waals surface area contributed by atoms with Crippen molar-refractivity contribution in [3.63, 3.8) is 0 Å². The number of carbonyl (C=O) groups is 1. The van der Waals surface area contributed by atoms with Crippen molar-refractivity contribution in [3.8, 4) is 0 Å². The van der Waals surface area contributed by atoms with Crippen LogP contribution >= 0.6 is 0 Å². The SMILES string of the molecule is COC(CC(CC1CCCCC1)C(=O)OCc1ccccc1)OC. The monoisotopic (exact) mass is 334 g/mol. The predicted molar refractivity (Wildman–Crippen MR) is 93.3 cm³/mol. The van der Waals surface area contributed by atoms with Gasteiger partial charge in [-0.15, -0.1) is 0 Å². The van der Waals surface area contributed by atoms with E-state index in [4.69, 9.17) is 14.2 Å². The van der Waals surface area contributed by atoms with Crippen LogP contribution in [0.4, 0.5) is 0 Å². The topological polar surface area (TPSA) is 44.8 Å². The van der Waals surface area contributed by atoms with Crippen molar-refractivity contribution < 1.29 is 19.0 Å². The lowest BCUT2D eigenvalue weighted by Crippen LogP contribution is -2.27. The maximum atomic E-state index is 12.6. The van der Waals surface area contributed by atoms with Crippen LogP contribution in [0.2, 0.25) is 0 Å². The molecule has 0 spiro atoms. The number of rotatable bonds is 9. The Kier molecular flexibility index (Phi) is 8.26. The van der Waals surface area contributed by atoms with Crippen molar-refractivity contribution in [2.45, 2.75) is 57.8 Å². The lowest BCUT2D eigenvalue weighted by molar-refractivity contribution is -0.159. The minimum atomic E-state index is -0.358. The molecular formula is C20H30O4. The number of hydrogen-bond acceptors (Lipinski definition) is 4. The molecule has 1 saturated carbocycles. The van der Waals surface area contributed by atoms with Gasteiger partial charge < -0.3 is 14.2 Å². The van der Waals surface area contributed by atoms with E-state index in [0.29, 0.717) is 18.9 Å². The molecule has 1 aliphatic rings. The van der Waals surface area contributed by atoms with E-state index < -0.39 is 0 Å². The van der Waals surface area contributed by atoms with Gasteiger partial charge in [0.2, 0.25) is 0 Å². The molecule has 0 amide bonds. The fraction of sp³-hybridized carbons (Fsp3) is 0.650. The Morgan fingerprint density at radius 3 is 2.38 bits per heavy atom. The van der Waals surface area contributed by atoms with Crippen molar-refractivity contribution in [2.24, 2.45) is 11.8 Å². The third-order valence-electron chi connectivity index (χ3n) is 4.90. The van der Waals surface area contributed by atoms with Crippen LogP contribution in [0.5, 0.6) is 0 Å². The zero-order chi connectivity index (χ0) is 17.2. The Balaban J connectivity index is 1.92. The number of carbonyl (C=O) groups excluding carboxylic acids is 1. The third-order valence-corrected chi connectivity index (χ3v) is 4.90. The highest BCUT2D eigenvalue weighted by atomic mass is 16.7. The van der Waals surface area contributed by atoms with Gasteiger partial charge in [0.25, 0.3) is 0 Å². The van der Waals surface area contributed by atoms with Crippen LogP contribution in [-0.2, 0) is 25.6 Å². The molecule has 1 aliphatic carbocycles. The highest BCUT2D eigenvalue weighted by molar-refractivity contribution is 5.72. The molecule has 134 valence electrons. The van der Waals surface area contributed by atoms with Gasteiger partial charge in [0.15, 0.2) is 6.29 Å². The van der Waals surface area contributed by atoms with Gasteiger partial charge in [0.1, 0.15) is 6.61 Å². The van der Waals surface area contributed by atoms with Crippen molar-refractivity contribution in [2.75, 3.05) is 14.2 Å². The minimum absolute atomic E-state index is 0.136. The summed E-state index contributed by atoms with van der Waals surface area (Å²) >= 11 is 0. The summed E-state index contributed by atoms with van der Waals surface area (Å²) in [5.41, 5.74) is 1.01. The average molecular weight is 334 g/mol. The van der Waals surface area contributed by atoms with Gasteiger partial charge in [0.05, 0.1) is 5.92 Å². The normalized spacial score (nSPS) is 17.0. The average Bonchev–Trinajstić information content (AvgIpc) is 2.64. The van der Waals surface area contributed by atoms with E-state index in [0.717, 1.165) is 12.0 Å². The molecule has 0 N–H and O–H groups in total. The molecule has 1 atom stereocenters. The van der Waals surface area contributed by atoms with Crippen LogP contribution in [-0.4, -0.2) is 26.5 Å². The van der Waals surface area contributed by atoms with Gasteiger partial charge in [-0.2, -0.15) is 0 Å². The summed E-state index contributed by atoms with van der Waals surface area (Å²) in [6, 6.07) is 9.80. The second-order valence-corrected chi connectivity index (χ2v) is 6.67. The Labute approximate surface area is 145 Å². The van der Waals surface area contributed by atoms with Gasteiger partial charge in [-0.1, -0.05) is 62.4 Å². The largest absolute Gasteiger partial charge is 0.461 e. The van der Waals surface area contributed by atoms with Crippen LogP contribution in [0.15, 0.2) is 30.3 Å². The first-order valence-corrected chi connectivity index (χ1v) is 8.99. The van der Waals surface area contributed by atoms with E-state index >= 15 is 0 Å². The Bertz CT molecular complexity index is 464.